The molecule has 0 bridgehead atoms. The standard InChI is InChI=1S/C11H11ClFN3/c1-16-10(5-6-15-16)14-7-8-3-2-4-9(12)11(8)13/h2-6,14H,7H2,1H3. The maximum Gasteiger partial charge on any atom is 0.146 e. The van der Waals surface area contributed by atoms with Gasteiger partial charge in [0, 0.05) is 25.2 Å². The number of nitrogens with one attached hydrogen (secondary N) is 1. The Hall–Kier alpha value is -1.55. The van der Waals surface area contributed by atoms with Gasteiger partial charge in [0.05, 0.1) is 11.2 Å². The van der Waals surface area contributed by atoms with Gasteiger partial charge in [-0.15, -0.1) is 0 Å². The quantitative estimate of drug-likeness (QED) is 0.893. The number of halogens is 2. The lowest BCUT2D eigenvalue weighted by Gasteiger charge is -2.07. The van der Waals surface area contributed by atoms with Crippen LogP contribution in [-0.2, 0) is 13.6 Å². The Morgan fingerprint density at radius 1 is 1.44 bits per heavy atom. The molecule has 0 aliphatic heterocycles. The van der Waals surface area contributed by atoms with Crippen LogP contribution in [0.15, 0.2) is 30.5 Å². The number of hydrogen-bond acceptors (Lipinski definition) is 2. The zero-order chi connectivity index (χ0) is 11.5. The van der Waals surface area contributed by atoms with Crippen LogP contribution in [0, 0.1) is 5.82 Å². The number of aromatic nitrogens is 2. The molecule has 1 N–H and O–H groups in total. The van der Waals surface area contributed by atoms with Gasteiger partial charge in [0.2, 0.25) is 0 Å². The second-order valence-corrected chi connectivity index (χ2v) is 3.81. The smallest absolute Gasteiger partial charge is 0.146 e. The van der Waals surface area contributed by atoms with Gasteiger partial charge in [-0.2, -0.15) is 5.10 Å². The summed E-state index contributed by atoms with van der Waals surface area (Å²) in [6, 6.07) is 6.78. The largest absolute Gasteiger partial charge is 0.366 e. The number of aryl methyl sites for hydroxylation is 1. The van der Waals surface area contributed by atoms with Crippen molar-refractivity contribution in [2.75, 3.05) is 5.32 Å². The first-order valence-corrected chi connectivity index (χ1v) is 5.21. The molecule has 0 unspecified atom stereocenters. The summed E-state index contributed by atoms with van der Waals surface area (Å²) in [5.41, 5.74) is 0.536. The van der Waals surface area contributed by atoms with E-state index in [1.165, 1.54) is 6.07 Å². The van der Waals surface area contributed by atoms with Crippen molar-refractivity contribution in [1.82, 2.24) is 9.78 Å². The number of nitrogens with zero attached hydrogens (tertiary/aromatic N) is 2. The highest BCUT2D eigenvalue weighted by Crippen LogP contribution is 2.18. The van der Waals surface area contributed by atoms with Crippen molar-refractivity contribution in [2.45, 2.75) is 6.54 Å². The van der Waals surface area contributed by atoms with Gasteiger partial charge in [0.1, 0.15) is 11.6 Å². The lowest BCUT2D eigenvalue weighted by Crippen LogP contribution is -2.06. The number of rotatable bonds is 3. The van der Waals surface area contributed by atoms with Crippen molar-refractivity contribution < 1.29 is 4.39 Å². The number of anilines is 1. The average molecular weight is 240 g/mol. The van der Waals surface area contributed by atoms with Gasteiger partial charge in [-0.25, -0.2) is 4.39 Å². The minimum Gasteiger partial charge on any atom is -0.366 e. The zero-order valence-electron chi connectivity index (χ0n) is 8.74. The van der Waals surface area contributed by atoms with E-state index in [-0.39, 0.29) is 10.8 Å². The molecule has 0 atom stereocenters. The molecule has 0 fully saturated rings. The Labute approximate surface area is 97.8 Å². The molecule has 2 rings (SSSR count). The molecule has 0 saturated carbocycles. The van der Waals surface area contributed by atoms with Crippen molar-refractivity contribution in [2.24, 2.45) is 7.05 Å². The molecule has 0 aliphatic rings. The normalized spacial score (nSPS) is 10.4. The van der Waals surface area contributed by atoms with Crippen LogP contribution in [0.25, 0.3) is 0 Å². The van der Waals surface area contributed by atoms with Crippen molar-refractivity contribution >= 4 is 17.4 Å². The predicted molar refractivity (Wildman–Crippen MR) is 61.9 cm³/mol. The van der Waals surface area contributed by atoms with Gasteiger partial charge in [-0.1, -0.05) is 23.7 Å². The third kappa shape index (κ3) is 2.17. The molecular weight excluding hydrogens is 229 g/mol. The van der Waals surface area contributed by atoms with Crippen molar-refractivity contribution in [3.8, 4) is 0 Å². The lowest BCUT2D eigenvalue weighted by molar-refractivity contribution is 0.613. The van der Waals surface area contributed by atoms with E-state index >= 15 is 0 Å². The van der Waals surface area contributed by atoms with Crippen LogP contribution in [0.3, 0.4) is 0 Å². The van der Waals surface area contributed by atoms with Gasteiger partial charge >= 0.3 is 0 Å². The van der Waals surface area contributed by atoms with Crippen molar-refractivity contribution in [3.05, 3.63) is 46.9 Å². The molecule has 2 aromatic rings. The highest BCUT2D eigenvalue weighted by molar-refractivity contribution is 6.30. The Morgan fingerprint density at radius 2 is 2.25 bits per heavy atom. The van der Waals surface area contributed by atoms with E-state index in [1.807, 2.05) is 13.1 Å². The van der Waals surface area contributed by atoms with Crippen molar-refractivity contribution in [1.29, 1.82) is 0 Å². The first kappa shape index (κ1) is 11.0. The van der Waals surface area contributed by atoms with Gasteiger partial charge in [-0.3, -0.25) is 4.68 Å². The summed E-state index contributed by atoms with van der Waals surface area (Å²) in [6.45, 7) is 0.381. The second kappa shape index (κ2) is 4.53. The summed E-state index contributed by atoms with van der Waals surface area (Å²) in [7, 11) is 1.82. The minimum atomic E-state index is -0.376. The van der Waals surface area contributed by atoms with Crippen LogP contribution in [0.4, 0.5) is 10.2 Å². The van der Waals surface area contributed by atoms with Gasteiger partial charge < -0.3 is 5.32 Å². The van der Waals surface area contributed by atoms with Crippen LogP contribution in [0.1, 0.15) is 5.56 Å². The van der Waals surface area contributed by atoms with E-state index in [4.69, 9.17) is 11.6 Å². The van der Waals surface area contributed by atoms with Crippen LogP contribution >= 0.6 is 11.6 Å². The molecule has 0 aliphatic carbocycles. The first-order valence-electron chi connectivity index (χ1n) is 4.83. The summed E-state index contributed by atoms with van der Waals surface area (Å²) in [4.78, 5) is 0. The van der Waals surface area contributed by atoms with Crippen LogP contribution in [0.5, 0.6) is 0 Å². The maximum absolute atomic E-state index is 13.5. The summed E-state index contributed by atoms with van der Waals surface area (Å²) < 4.78 is 15.2. The van der Waals surface area contributed by atoms with Gasteiger partial charge in [0.25, 0.3) is 0 Å². The Kier molecular flexibility index (Phi) is 3.10. The molecule has 0 amide bonds. The molecule has 1 aromatic carbocycles. The molecular formula is C11H11ClFN3. The third-order valence-electron chi connectivity index (χ3n) is 2.31. The first-order chi connectivity index (χ1) is 7.68. The fraction of sp³-hybridized carbons (Fsp3) is 0.182. The highest BCUT2D eigenvalue weighted by atomic mass is 35.5. The third-order valence-corrected chi connectivity index (χ3v) is 2.60. The van der Waals surface area contributed by atoms with Gasteiger partial charge in [0.15, 0.2) is 0 Å². The highest BCUT2D eigenvalue weighted by Gasteiger charge is 2.06. The average Bonchev–Trinajstić information content (AvgIpc) is 2.67. The van der Waals surface area contributed by atoms with Crippen LogP contribution in [-0.4, -0.2) is 9.78 Å². The number of benzene rings is 1. The topological polar surface area (TPSA) is 29.9 Å². The second-order valence-electron chi connectivity index (χ2n) is 3.41. The molecule has 5 heteroatoms. The molecule has 3 nitrogen and oxygen atoms in total. The number of hydrogen-bond donors (Lipinski definition) is 1. The Bertz CT molecular complexity index is 496. The fourth-order valence-corrected chi connectivity index (χ4v) is 1.61. The SMILES string of the molecule is Cn1nccc1NCc1cccc(Cl)c1F. The van der Waals surface area contributed by atoms with Gasteiger partial charge in [-0.05, 0) is 6.07 Å². The summed E-state index contributed by atoms with van der Waals surface area (Å²) in [5.74, 6) is 0.457. The monoisotopic (exact) mass is 239 g/mol. The van der Waals surface area contributed by atoms with E-state index < -0.39 is 0 Å². The molecule has 0 radical (unpaired) electrons. The van der Waals surface area contributed by atoms with E-state index in [2.05, 4.69) is 10.4 Å². The lowest BCUT2D eigenvalue weighted by atomic mass is 10.2. The van der Waals surface area contributed by atoms with Crippen molar-refractivity contribution in [3.63, 3.8) is 0 Å². The predicted octanol–water partition coefficient (Wildman–Crippen LogP) is 2.82. The van der Waals surface area contributed by atoms with E-state index in [0.717, 1.165) is 5.82 Å². The van der Waals surface area contributed by atoms with E-state index in [1.54, 1.807) is 23.0 Å². The Morgan fingerprint density at radius 3 is 2.94 bits per heavy atom. The summed E-state index contributed by atoms with van der Waals surface area (Å²) in [5, 5.41) is 7.23. The summed E-state index contributed by atoms with van der Waals surface area (Å²) in [6.07, 6.45) is 1.68. The van der Waals surface area contributed by atoms with E-state index in [9.17, 15) is 4.39 Å². The molecule has 84 valence electrons. The Balaban J connectivity index is 2.11. The zero-order valence-corrected chi connectivity index (χ0v) is 9.50. The van der Waals surface area contributed by atoms with E-state index in [0.29, 0.717) is 12.1 Å². The summed E-state index contributed by atoms with van der Waals surface area (Å²) >= 11 is 5.69. The van der Waals surface area contributed by atoms with Crippen LogP contribution in [0.2, 0.25) is 5.02 Å². The molecule has 0 spiro atoms. The molecule has 1 aromatic heterocycles. The molecule has 0 saturated heterocycles. The molecule has 1 heterocycles. The van der Waals surface area contributed by atoms with Crippen LogP contribution < -0.4 is 5.32 Å². The fourth-order valence-electron chi connectivity index (χ4n) is 1.42. The minimum absolute atomic E-state index is 0.143. The maximum atomic E-state index is 13.5. The molecule has 16 heavy (non-hydrogen) atoms.